The third-order valence-corrected chi connectivity index (χ3v) is 4.46. The molecule has 2 N–H and O–H groups in total. The SMILES string of the molecule is FC(F)(F)c1cccc(NC(=S)N[C@@H](Cc2ccccc2)c2ccccc2)c1. The molecule has 144 valence electrons. The molecule has 6 heteroatoms. The largest absolute Gasteiger partial charge is 0.416 e. The van der Waals surface area contributed by atoms with Gasteiger partial charge < -0.3 is 10.6 Å². The first kappa shape index (κ1) is 19.9. The summed E-state index contributed by atoms with van der Waals surface area (Å²) in [5.41, 5.74) is 1.74. The van der Waals surface area contributed by atoms with Crippen LogP contribution in [0.2, 0.25) is 0 Å². The number of anilines is 1. The molecular formula is C22H19F3N2S. The molecular weight excluding hydrogens is 381 g/mol. The van der Waals surface area contributed by atoms with Gasteiger partial charge in [0.1, 0.15) is 0 Å². The van der Waals surface area contributed by atoms with Gasteiger partial charge in [0.15, 0.2) is 5.11 Å². The molecule has 0 saturated carbocycles. The van der Waals surface area contributed by atoms with Crippen molar-refractivity contribution in [3.63, 3.8) is 0 Å². The fourth-order valence-electron chi connectivity index (χ4n) is 2.89. The second-order valence-electron chi connectivity index (χ2n) is 6.33. The van der Waals surface area contributed by atoms with Crippen molar-refractivity contribution in [1.82, 2.24) is 5.32 Å². The summed E-state index contributed by atoms with van der Waals surface area (Å²) in [5, 5.41) is 6.36. The Kier molecular flexibility index (Phi) is 6.31. The molecule has 0 spiro atoms. The van der Waals surface area contributed by atoms with E-state index in [1.165, 1.54) is 6.07 Å². The Morgan fingerprint density at radius 2 is 1.50 bits per heavy atom. The molecule has 0 amide bonds. The minimum Gasteiger partial charge on any atom is -0.355 e. The highest BCUT2D eigenvalue weighted by atomic mass is 32.1. The molecule has 28 heavy (non-hydrogen) atoms. The predicted octanol–water partition coefficient (Wildman–Crippen LogP) is 5.98. The molecule has 0 aliphatic rings. The molecule has 0 fully saturated rings. The van der Waals surface area contributed by atoms with E-state index in [1.807, 2.05) is 60.7 Å². The van der Waals surface area contributed by atoms with Gasteiger partial charge in [-0.05, 0) is 48.0 Å². The lowest BCUT2D eigenvalue weighted by Gasteiger charge is -2.22. The van der Waals surface area contributed by atoms with Crippen molar-refractivity contribution in [2.45, 2.75) is 18.6 Å². The molecule has 0 radical (unpaired) electrons. The van der Waals surface area contributed by atoms with Gasteiger partial charge in [0, 0.05) is 5.69 Å². The highest BCUT2D eigenvalue weighted by Crippen LogP contribution is 2.30. The van der Waals surface area contributed by atoms with E-state index < -0.39 is 11.7 Å². The smallest absolute Gasteiger partial charge is 0.355 e. The first-order chi connectivity index (χ1) is 13.4. The van der Waals surface area contributed by atoms with Gasteiger partial charge in [0.2, 0.25) is 0 Å². The molecule has 0 aromatic heterocycles. The van der Waals surface area contributed by atoms with Gasteiger partial charge in [0.25, 0.3) is 0 Å². The monoisotopic (exact) mass is 400 g/mol. The molecule has 2 nitrogen and oxygen atoms in total. The maximum absolute atomic E-state index is 12.9. The summed E-state index contributed by atoms with van der Waals surface area (Å²) in [4.78, 5) is 0. The number of halogens is 3. The summed E-state index contributed by atoms with van der Waals surface area (Å²) in [6, 6.07) is 24.6. The lowest BCUT2D eigenvalue weighted by molar-refractivity contribution is -0.137. The van der Waals surface area contributed by atoms with Gasteiger partial charge in [-0.25, -0.2) is 0 Å². The normalized spacial score (nSPS) is 12.2. The predicted molar refractivity (Wildman–Crippen MR) is 110 cm³/mol. The van der Waals surface area contributed by atoms with Crippen LogP contribution in [0.25, 0.3) is 0 Å². The van der Waals surface area contributed by atoms with E-state index in [2.05, 4.69) is 10.6 Å². The van der Waals surface area contributed by atoms with E-state index in [-0.39, 0.29) is 11.2 Å². The van der Waals surface area contributed by atoms with E-state index >= 15 is 0 Å². The van der Waals surface area contributed by atoms with Crippen LogP contribution in [-0.2, 0) is 12.6 Å². The number of benzene rings is 3. The number of hydrogen-bond donors (Lipinski definition) is 2. The van der Waals surface area contributed by atoms with Crippen LogP contribution < -0.4 is 10.6 Å². The van der Waals surface area contributed by atoms with Crippen LogP contribution in [0.3, 0.4) is 0 Å². The quantitative estimate of drug-likeness (QED) is 0.516. The molecule has 0 heterocycles. The molecule has 0 aliphatic carbocycles. The van der Waals surface area contributed by atoms with Gasteiger partial charge in [0.05, 0.1) is 11.6 Å². The number of thiocarbonyl (C=S) groups is 1. The topological polar surface area (TPSA) is 24.1 Å². The third kappa shape index (κ3) is 5.57. The zero-order valence-electron chi connectivity index (χ0n) is 14.9. The number of nitrogens with one attached hydrogen (secondary N) is 2. The fourth-order valence-corrected chi connectivity index (χ4v) is 3.15. The van der Waals surface area contributed by atoms with Crippen LogP contribution >= 0.6 is 12.2 Å². The first-order valence-electron chi connectivity index (χ1n) is 8.75. The molecule has 0 bridgehead atoms. The van der Waals surface area contributed by atoms with E-state index in [0.29, 0.717) is 12.1 Å². The van der Waals surface area contributed by atoms with Crippen LogP contribution in [-0.4, -0.2) is 5.11 Å². The Bertz CT molecular complexity index is 912. The maximum Gasteiger partial charge on any atom is 0.416 e. The van der Waals surface area contributed by atoms with Crippen molar-refractivity contribution in [2.24, 2.45) is 0 Å². The fraction of sp³-hybridized carbons (Fsp3) is 0.136. The van der Waals surface area contributed by atoms with Gasteiger partial charge >= 0.3 is 6.18 Å². The zero-order valence-corrected chi connectivity index (χ0v) is 15.7. The molecule has 0 unspecified atom stereocenters. The van der Waals surface area contributed by atoms with Crippen LogP contribution in [0.4, 0.5) is 18.9 Å². The van der Waals surface area contributed by atoms with E-state index in [1.54, 1.807) is 6.07 Å². The summed E-state index contributed by atoms with van der Waals surface area (Å²) in [5.74, 6) is 0. The molecule has 1 atom stereocenters. The van der Waals surface area contributed by atoms with Crippen LogP contribution in [0.5, 0.6) is 0 Å². The van der Waals surface area contributed by atoms with E-state index in [0.717, 1.165) is 23.3 Å². The standard InChI is InChI=1S/C22H19F3N2S/c23-22(24,25)18-12-7-13-19(15-18)26-21(28)27-20(17-10-5-2-6-11-17)14-16-8-3-1-4-9-16/h1-13,15,20H,14H2,(H2,26,27,28)/t20-/m0/s1. The number of rotatable bonds is 5. The first-order valence-corrected chi connectivity index (χ1v) is 9.16. The van der Waals surface area contributed by atoms with Crippen molar-refractivity contribution < 1.29 is 13.2 Å². The highest BCUT2D eigenvalue weighted by molar-refractivity contribution is 7.80. The zero-order chi connectivity index (χ0) is 20.0. The molecule has 3 rings (SSSR count). The summed E-state index contributed by atoms with van der Waals surface area (Å²) in [7, 11) is 0. The Morgan fingerprint density at radius 3 is 2.14 bits per heavy atom. The van der Waals surface area contributed by atoms with Gasteiger partial charge in [-0.3, -0.25) is 0 Å². The second-order valence-corrected chi connectivity index (χ2v) is 6.74. The molecule has 3 aromatic carbocycles. The molecule has 0 aliphatic heterocycles. The Morgan fingerprint density at radius 1 is 0.857 bits per heavy atom. The minimum absolute atomic E-state index is 0.116. The third-order valence-electron chi connectivity index (χ3n) is 4.24. The molecule has 3 aromatic rings. The number of hydrogen-bond acceptors (Lipinski definition) is 1. The van der Waals surface area contributed by atoms with Gasteiger partial charge in [-0.1, -0.05) is 66.7 Å². The van der Waals surface area contributed by atoms with Gasteiger partial charge in [-0.15, -0.1) is 0 Å². The maximum atomic E-state index is 12.9. The minimum atomic E-state index is -4.40. The van der Waals surface area contributed by atoms with Crippen molar-refractivity contribution in [2.75, 3.05) is 5.32 Å². The average Bonchev–Trinajstić information content (AvgIpc) is 2.68. The van der Waals surface area contributed by atoms with Crippen molar-refractivity contribution >= 4 is 23.0 Å². The lowest BCUT2D eigenvalue weighted by atomic mass is 9.99. The van der Waals surface area contributed by atoms with Gasteiger partial charge in [-0.2, -0.15) is 13.2 Å². The lowest BCUT2D eigenvalue weighted by Crippen LogP contribution is -2.33. The van der Waals surface area contributed by atoms with E-state index in [9.17, 15) is 13.2 Å². The van der Waals surface area contributed by atoms with Crippen molar-refractivity contribution in [1.29, 1.82) is 0 Å². The molecule has 0 saturated heterocycles. The number of alkyl halides is 3. The second kappa shape index (κ2) is 8.89. The Hall–Kier alpha value is -2.86. The van der Waals surface area contributed by atoms with Crippen LogP contribution in [0.15, 0.2) is 84.9 Å². The Labute approximate surface area is 167 Å². The average molecular weight is 400 g/mol. The summed E-state index contributed by atoms with van der Waals surface area (Å²) >= 11 is 5.36. The summed E-state index contributed by atoms with van der Waals surface area (Å²) in [6.45, 7) is 0. The van der Waals surface area contributed by atoms with E-state index in [4.69, 9.17) is 12.2 Å². The van der Waals surface area contributed by atoms with Crippen molar-refractivity contribution in [3.05, 3.63) is 102 Å². The van der Waals surface area contributed by atoms with Crippen LogP contribution in [0, 0.1) is 0 Å². The highest BCUT2D eigenvalue weighted by Gasteiger charge is 2.30. The van der Waals surface area contributed by atoms with Crippen molar-refractivity contribution in [3.8, 4) is 0 Å². The summed E-state index contributed by atoms with van der Waals surface area (Å²) < 4.78 is 38.7. The van der Waals surface area contributed by atoms with Crippen LogP contribution in [0.1, 0.15) is 22.7 Å². The summed E-state index contributed by atoms with van der Waals surface area (Å²) in [6.07, 6.45) is -3.71. The Balaban J connectivity index is 1.74.